The number of para-hydroxylation sites is 1. The second-order valence-corrected chi connectivity index (χ2v) is 8.39. The molecule has 0 saturated carbocycles. The van der Waals surface area contributed by atoms with Gasteiger partial charge in [0.2, 0.25) is 5.91 Å². The monoisotopic (exact) mass is 400 g/mol. The van der Waals surface area contributed by atoms with Gasteiger partial charge in [-0.05, 0) is 38.5 Å². The third-order valence-corrected chi connectivity index (χ3v) is 4.64. The molecular weight excluding hydrogens is 372 g/mol. The Balaban J connectivity index is 1.85. The van der Waals surface area contributed by atoms with Crippen LogP contribution in [-0.4, -0.2) is 35.7 Å². The van der Waals surface area contributed by atoms with E-state index >= 15 is 0 Å². The Morgan fingerprint density at radius 3 is 2.21 bits per heavy atom. The van der Waals surface area contributed by atoms with Crippen LogP contribution in [-0.2, 0) is 16.1 Å². The highest BCUT2D eigenvalue weighted by molar-refractivity contribution is 7.99. The number of anilines is 1. The van der Waals surface area contributed by atoms with Gasteiger partial charge in [-0.1, -0.05) is 48.5 Å². The number of benzene rings is 2. The van der Waals surface area contributed by atoms with Gasteiger partial charge in [-0.2, -0.15) is 11.8 Å². The molecule has 0 fully saturated rings. The van der Waals surface area contributed by atoms with Gasteiger partial charge in [0.1, 0.15) is 5.60 Å². The Kier molecular flexibility index (Phi) is 8.39. The van der Waals surface area contributed by atoms with Gasteiger partial charge in [0.25, 0.3) is 0 Å². The van der Waals surface area contributed by atoms with Crippen LogP contribution < -0.4 is 10.2 Å². The van der Waals surface area contributed by atoms with Crippen molar-refractivity contribution in [1.29, 1.82) is 0 Å². The Hall–Kier alpha value is -2.47. The van der Waals surface area contributed by atoms with E-state index in [1.807, 2.05) is 81.4 Å². The van der Waals surface area contributed by atoms with Crippen molar-refractivity contribution in [3.05, 3.63) is 66.2 Å². The molecule has 0 bridgehead atoms. The molecule has 2 amide bonds. The summed E-state index contributed by atoms with van der Waals surface area (Å²) in [6, 6.07) is 19.6. The lowest BCUT2D eigenvalue weighted by atomic mass is 10.2. The van der Waals surface area contributed by atoms with E-state index in [9.17, 15) is 9.59 Å². The first-order valence-electron chi connectivity index (χ1n) is 9.29. The Morgan fingerprint density at radius 2 is 1.61 bits per heavy atom. The number of carbonyl (C=O) groups excluding carboxylic acids is 2. The molecule has 2 aromatic rings. The molecule has 0 saturated heterocycles. The first kappa shape index (κ1) is 21.8. The number of rotatable bonds is 8. The molecule has 6 heteroatoms. The molecule has 2 aromatic carbocycles. The number of hydrogen-bond donors (Lipinski definition) is 1. The predicted octanol–water partition coefficient (Wildman–Crippen LogP) is 4.48. The van der Waals surface area contributed by atoms with Gasteiger partial charge >= 0.3 is 6.09 Å². The molecule has 0 aliphatic rings. The fourth-order valence-corrected chi connectivity index (χ4v) is 3.20. The smallest absolute Gasteiger partial charge is 0.407 e. The number of amides is 2. The number of nitrogens with one attached hydrogen (secondary N) is 1. The lowest BCUT2D eigenvalue weighted by Crippen LogP contribution is -2.34. The number of thioether (sulfide) groups is 1. The minimum Gasteiger partial charge on any atom is -0.444 e. The molecular formula is C22H28N2O3S. The summed E-state index contributed by atoms with van der Waals surface area (Å²) < 4.78 is 5.19. The molecule has 0 aliphatic heterocycles. The van der Waals surface area contributed by atoms with E-state index in [2.05, 4.69) is 5.32 Å². The Morgan fingerprint density at radius 1 is 1.00 bits per heavy atom. The molecule has 0 spiro atoms. The normalized spacial score (nSPS) is 11.0. The lowest BCUT2D eigenvalue weighted by Gasteiger charge is -2.23. The molecule has 2 rings (SSSR count). The number of alkyl carbamates (subject to hydrolysis) is 1. The summed E-state index contributed by atoms with van der Waals surface area (Å²) in [5, 5.41) is 2.71. The molecule has 0 heterocycles. The highest BCUT2D eigenvalue weighted by Crippen LogP contribution is 2.18. The maximum absolute atomic E-state index is 12.8. The second kappa shape index (κ2) is 10.8. The lowest BCUT2D eigenvalue weighted by molar-refractivity contribution is -0.116. The van der Waals surface area contributed by atoms with E-state index in [4.69, 9.17) is 4.74 Å². The third-order valence-electron chi connectivity index (χ3n) is 3.69. The number of carbonyl (C=O) groups is 2. The van der Waals surface area contributed by atoms with Gasteiger partial charge in [-0.25, -0.2) is 4.79 Å². The summed E-state index contributed by atoms with van der Waals surface area (Å²) in [4.78, 5) is 26.3. The van der Waals surface area contributed by atoms with E-state index in [0.717, 1.165) is 11.3 Å². The molecule has 0 radical (unpaired) electrons. The molecule has 5 nitrogen and oxygen atoms in total. The topological polar surface area (TPSA) is 58.6 Å². The van der Waals surface area contributed by atoms with Crippen LogP contribution in [0.15, 0.2) is 60.7 Å². The Bertz CT molecular complexity index is 745. The van der Waals surface area contributed by atoms with Gasteiger partial charge < -0.3 is 15.0 Å². The fraction of sp³-hybridized carbons (Fsp3) is 0.364. The summed E-state index contributed by atoms with van der Waals surface area (Å²) in [7, 11) is 0. The SMILES string of the molecule is CC(C)(C)OC(=O)NCCSCC(=O)N(Cc1ccccc1)c1ccccc1. The molecule has 1 N–H and O–H groups in total. The van der Waals surface area contributed by atoms with Crippen molar-refractivity contribution >= 4 is 29.4 Å². The maximum atomic E-state index is 12.8. The molecule has 0 aromatic heterocycles. The zero-order chi connectivity index (χ0) is 20.4. The zero-order valence-electron chi connectivity index (χ0n) is 16.7. The van der Waals surface area contributed by atoms with Gasteiger partial charge in [-0.3, -0.25) is 4.79 Å². The Labute approximate surface area is 171 Å². The van der Waals surface area contributed by atoms with E-state index in [1.165, 1.54) is 11.8 Å². The average Bonchev–Trinajstić information content (AvgIpc) is 2.66. The minimum absolute atomic E-state index is 0.0392. The maximum Gasteiger partial charge on any atom is 0.407 e. The van der Waals surface area contributed by atoms with Gasteiger partial charge in [0.05, 0.1) is 12.3 Å². The van der Waals surface area contributed by atoms with Crippen LogP contribution in [0, 0.1) is 0 Å². The first-order chi connectivity index (χ1) is 13.3. The largest absolute Gasteiger partial charge is 0.444 e. The van der Waals surface area contributed by atoms with Crippen molar-refractivity contribution in [3.8, 4) is 0 Å². The van der Waals surface area contributed by atoms with Crippen LogP contribution in [0.3, 0.4) is 0 Å². The van der Waals surface area contributed by atoms with Crippen LogP contribution in [0.2, 0.25) is 0 Å². The zero-order valence-corrected chi connectivity index (χ0v) is 17.5. The van der Waals surface area contributed by atoms with Crippen LogP contribution in [0.1, 0.15) is 26.3 Å². The predicted molar refractivity (Wildman–Crippen MR) is 116 cm³/mol. The van der Waals surface area contributed by atoms with Gasteiger partial charge in [-0.15, -0.1) is 0 Å². The number of ether oxygens (including phenoxy) is 1. The highest BCUT2D eigenvalue weighted by atomic mass is 32.2. The molecule has 150 valence electrons. The van der Waals surface area contributed by atoms with Crippen LogP contribution in [0.4, 0.5) is 10.5 Å². The van der Waals surface area contributed by atoms with Crippen molar-refractivity contribution < 1.29 is 14.3 Å². The number of hydrogen-bond acceptors (Lipinski definition) is 4. The molecule has 28 heavy (non-hydrogen) atoms. The average molecular weight is 401 g/mol. The summed E-state index contributed by atoms with van der Waals surface area (Å²) >= 11 is 1.49. The fourth-order valence-electron chi connectivity index (χ4n) is 2.47. The van der Waals surface area contributed by atoms with E-state index in [0.29, 0.717) is 24.6 Å². The number of nitrogens with zero attached hydrogens (tertiary/aromatic N) is 1. The standard InChI is InChI=1S/C22H28N2O3S/c1-22(2,3)27-21(26)23-14-15-28-17-20(25)24(19-12-8-5-9-13-19)16-18-10-6-4-7-11-18/h4-13H,14-17H2,1-3H3,(H,23,26). The summed E-state index contributed by atoms with van der Waals surface area (Å²) in [6.07, 6.45) is -0.436. The molecule has 0 unspecified atom stereocenters. The van der Waals surface area contributed by atoms with Crippen LogP contribution >= 0.6 is 11.8 Å². The van der Waals surface area contributed by atoms with Crippen molar-refractivity contribution in [2.75, 3.05) is 23.0 Å². The van der Waals surface area contributed by atoms with E-state index in [-0.39, 0.29) is 5.91 Å². The quantitative estimate of drug-likeness (QED) is 0.664. The first-order valence-corrected chi connectivity index (χ1v) is 10.4. The summed E-state index contributed by atoms with van der Waals surface area (Å²) in [6.45, 7) is 6.46. The third kappa shape index (κ3) is 8.05. The minimum atomic E-state index is -0.513. The van der Waals surface area contributed by atoms with Crippen molar-refractivity contribution in [2.24, 2.45) is 0 Å². The molecule has 0 aliphatic carbocycles. The highest BCUT2D eigenvalue weighted by Gasteiger charge is 2.17. The second-order valence-electron chi connectivity index (χ2n) is 7.28. The molecule has 0 atom stereocenters. The van der Waals surface area contributed by atoms with E-state index in [1.54, 1.807) is 4.90 Å². The van der Waals surface area contributed by atoms with Crippen molar-refractivity contribution in [3.63, 3.8) is 0 Å². The summed E-state index contributed by atoms with van der Waals surface area (Å²) in [5.41, 5.74) is 1.45. The van der Waals surface area contributed by atoms with Gasteiger partial charge in [0.15, 0.2) is 0 Å². The van der Waals surface area contributed by atoms with Crippen LogP contribution in [0.25, 0.3) is 0 Å². The van der Waals surface area contributed by atoms with Crippen molar-refractivity contribution in [2.45, 2.75) is 32.9 Å². The van der Waals surface area contributed by atoms with E-state index < -0.39 is 11.7 Å². The van der Waals surface area contributed by atoms with Crippen LogP contribution in [0.5, 0.6) is 0 Å². The van der Waals surface area contributed by atoms with Crippen molar-refractivity contribution in [1.82, 2.24) is 5.32 Å². The van der Waals surface area contributed by atoms with Gasteiger partial charge in [0, 0.05) is 18.0 Å². The summed E-state index contributed by atoms with van der Waals surface area (Å²) in [5.74, 6) is 1.02.